The molecule has 1 aliphatic carbocycles. The molecule has 208 valence electrons. The number of imide groups is 1. The van der Waals surface area contributed by atoms with Crippen molar-refractivity contribution in [2.75, 3.05) is 25.0 Å². The van der Waals surface area contributed by atoms with Crippen molar-refractivity contribution in [3.05, 3.63) is 65.7 Å². The van der Waals surface area contributed by atoms with Crippen LogP contribution in [0.2, 0.25) is 0 Å². The summed E-state index contributed by atoms with van der Waals surface area (Å²) in [6.07, 6.45) is 4.01. The summed E-state index contributed by atoms with van der Waals surface area (Å²) < 4.78 is 10.8. The third-order valence-corrected chi connectivity index (χ3v) is 7.59. The van der Waals surface area contributed by atoms with E-state index in [4.69, 9.17) is 9.47 Å². The predicted octanol–water partition coefficient (Wildman–Crippen LogP) is 5.61. The summed E-state index contributed by atoms with van der Waals surface area (Å²) >= 11 is 0. The largest absolute Gasteiger partial charge is 0.444 e. The molecule has 1 aliphatic heterocycles. The van der Waals surface area contributed by atoms with Gasteiger partial charge in [0, 0.05) is 24.3 Å². The van der Waals surface area contributed by atoms with Gasteiger partial charge in [0.2, 0.25) is 0 Å². The van der Waals surface area contributed by atoms with Crippen LogP contribution in [0.15, 0.2) is 54.6 Å². The fraction of sp³-hybridized carbons (Fsp3) is 0.467. The van der Waals surface area contributed by atoms with E-state index < -0.39 is 24.3 Å². The lowest BCUT2D eigenvalue weighted by Gasteiger charge is -2.34. The smallest absolute Gasteiger partial charge is 0.411 e. The van der Waals surface area contributed by atoms with Crippen LogP contribution < -0.4 is 5.32 Å². The van der Waals surface area contributed by atoms with Gasteiger partial charge in [0.1, 0.15) is 19.4 Å². The highest BCUT2D eigenvalue weighted by Gasteiger charge is 2.37. The monoisotopic (exact) mass is 535 g/mol. The zero-order valence-electron chi connectivity index (χ0n) is 22.7. The highest BCUT2D eigenvalue weighted by atomic mass is 16.5. The van der Waals surface area contributed by atoms with Crippen molar-refractivity contribution in [3.63, 3.8) is 0 Å². The lowest BCUT2D eigenvalue weighted by Crippen LogP contribution is -2.51. The molecule has 0 bridgehead atoms. The molecule has 0 aromatic heterocycles. The zero-order chi connectivity index (χ0) is 27.8. The zero-order valence-corrected chi connectivity index (χ0v) is 22.7. The van der Waals surface area contributed by atoms with Crippen LogP contribution in [-0.4, -0.2) is 59.5 Å². The molecule has 0 unspecified atom stereocenters. The number of carbonyl (C=O) groups is 4. The molecule has 0 radical (unpaired) electrons. The third kappa shape index (κ3) is 7.44. The van der Waals surface area contributed by atoms with Crippen LogP contribution >= 0.6 is 0 Å². The van der Waals surface area contributed by atoms with Crippen molar-refractivity contribution < 1.29 is 28.7 Å². The van der Waals surface area contributed by atoms with Crippen LogP contribution in [0.25, 0.3) is 0 Å². The fourth-order valence-corrected chi connectivity index (χ4v) is 5.19. The lowest BCUT2D eigenvalue weighted by atomic mass is 9.85. The Bertz CT molecular complexity index is 1160. The molecule has 1 N–H and O–H groups in total. The van der Waals surface area contributed by atoms with E-state index in [9.17, 15) is 19.2 Å². The van der Waals surface area contributed by atoms with Crippen LogP contribution in [-0.2, 0) is 20.9 Å². The van der Waals surface area contributed by atoms with Crippen molar-refractivity contribution in [1.82, 2.24) is 9.80 Å². The van der Waals surface area contributed by atoms with Crippen LogP contribution in [0.4, 0.5) is 15.3 Å². The minimum atomic E-state index is -0.666. The Morgan fingerprint density at radius 2 is 1.74 bits per heavy atom. The summed E-state index contributed by atoms with van der Waals surface area (Å²) in [4.78, 5) is 54.0. The van der Waals surface area contributed by atoms with Crippen molar-refractivity contribution in [2.24, 2.45) is 5.41 Å². The number of urea groups is 1. The molecule has 1 heterocycles. The van der Waals surface area contributed by atoms with Crippen molar-refractivity contribution in [3.8, 4) is 0 Å². The van der Waals surface area contributed by atoms with Gasteiger partial charge in [0.05, 0.1) is 6.42 Å². The van der Waals surface area contributed by atoms with Crippen LogP contribution in [0, 0.1) is 5.41 Å². The van der Waals surface area contributed by atoms with Crippen LogP contribution in [0.1, 0.15) is 68.3 Å². The van der Waals surface area contributed by atoms with Gasteiger partial charge in [-0.3, -0.25) is 24.7 Å². The first-order valence-corrected chi connectivity index (χ1v) is 13.6. The Kier molecular flexibility index (Phi) is 9.35. The maximum atomic E-state index is 13.7. The first-order valence-electron chi connectivity index (χ1n) is 13.6. The predicted molar refractivity (Wildman–Crippen MR) is 146 cm³/mol. The molecule has 1 saturated heterocycles. The van der Waals surface area contributed by atoms with Gasteiger partial charge in [-0.1, -0.05) is 50.1 Å². The normalized spacial score (nSPS) is 18.0. The third-order valence-electron chi connectivity index (χ3n) is 7.59. The van der Waals surface area contributed by atoms with Crippen LogP contribution in [0.3, 0.4) is 0 Å². The number of benzene rings is 2. The first kappa shape index (κ1) is 28.3. The average molecular weight is 536 g/mol. The van der Waals surface area contributed by atoms with E-state index in [2.05, 4.69) is 12.2 Å². The molecular formula is C30H37N3O6. The summed E-state index contributed by atoms with van der Waals surface area (Å²) in [5, 5.41) is 2.66. The Morgan fingerprint density at radius 1 is 1.05 bits per heavy atom. The number of ether oxygens (including phenoxy) is 2. The second-order valence-electron chi connectivity index (χ2n) is 10.6. The van der Waals surface area contributed by atoms with Crippen molar-refractivity contribution in [1.29, 1.82) is 0 Å². The molecule has 1 atom stereocenters. The average Bonchev–Trinajstić information content (AvgIpc) is 3.57. The molecule has 0 spiro atoms. The van der Waals surface area contributed by atoms with Crippen molar-refractivity contribution >= 4 is 29.5 Å². The molecule has 2 aromatic rings. The van der Waals surface area contributed by atoms with E-state index in [0.717, 1.165) is 31.2 Å². The van der Waals surface area contributed by atoms with Gasteiger partial charge in [-0.05, 0) is 61.4 Å². The second-order valence-corrected chi connectivity index (χ2v) is 10.6. The molecule has 1 saturated carbocycles. The standard InChI is InChI=1S/C30H37N3O6/c1-3-32(26-19-25(34)21-38-26)29(37)33(18-17-30(2)15-7-8-16-30)27(35)23-11-13-24(14-12-23)31-28(36)39-20-22-9-5-4-6-10-22/h4-6,9-14,26H,3,7-8,15-21H2,1-2H3,(H,31,36)/t26-/m0/s1. The number of nitrogens with one attached hydrogen (secondary N) is 1. The minimum absolute atomic E-state index is 0.0251. The van der Waals surface area contributed by atoms with Gasteiger partial charge in [0.15, 0.2) is 5.78 Å². The second kappa shape index (κ2) is 12.9. The molecule has 2 aliphatic rings. The van der Waals surface area contributed by atoms with Gasteiger partial charge in [0.25, 0.3) is 5.91 Å². The topological polar surface area (TPSA) is 105 Å². The lowest BCUT2D eigenvalue weighted by molar-refractivity contribution is -0.117. The van der Waals surface area contributed by atoms with Crippen LogP contribution in [0.5, 0.6) is 0 Å². The molecule has 4 rings (SSSR count). The molecule has 39 heavy (non-hydrogen) atoms. The number of rotatable bonds is 9. The van der Waals surface area contributed by atoms with E-state index >= 15 is 0 Å². The number of ketones is 1. The Balaban J connectivity index is 1.44. The van der Waals surface area contributed by atoms with E-state index in [-0.39, 0.29) is 37.4 Å². The summed E-state index contributed by atoms with van der Waals surface area (Å²) in [5.74, 6) is -0.490. The van der Waals surface area contributed by atoms with Crippen molar-refractivity contribution in [2.45, 2.75) is 65.2 Å². The highest BCUT2D eigenvalue weighted by molar-refractivity contribution is 6.04. The van der Waals surface area contributed by atoms with E-state index in [1.54, 1.807) is 24.3 Å². The molecule has 4 amide bonds. The Morgan fingerprint density at radius 3 is 2.36 bits per heavy atom. The SMILES string of the molecule is CCN(C(=O)N(CCC1(C)CCCC1)C(=O)c1ccc(NC(=O)OCc2ccccc2)cc1)[C@@H]1CC(=O)CO1. The van der Waals surface area contributed by atoms with E-state index in [1.165, 1.54) is 9.80 Å². The maximum absolute atomic E-state index is 13.7. The fourth-order valence-electron chi connectivity index (χ4n) is 5.19. The summed E-state index contributed by atoms with van der Waals surface area (Å²) in [6.45, 7) is 4.72. The Labute approximate surface area is 229 Å². The molecular weight excluding hydrogens is 498 g/mol. The summed E-state index contributed by atoms with van der Waals surface area (Å²) in [6, 6.07) is 15.3. The van der Waals surface area contributed by atoms with Gasteiger partial charge in [-0.15, -0.1) is 0 Å². The molecule has 2 aromatic carbocycles. The number of anilines is 1. The number of nitrogens with zero attached hydrogens (tertiary/aromatic N) is 2. The number of Topliss-reactive ketones (excluding diaryl/α,β-unsaturated/α-hetero) is 1. The molecule has 2 fully saturated rings. The maximum Gasteiger partial charge on any atom is 0.411 e. The first-order chi connectivity index (χ1) is 18.8. The summed E-state index contributed by atoms with van der Waals surface area (Å²) in [7, 11) is 0. The van der Waals surface area contributed by atoms with E-state index in [0.29, 0.717) is 24.2 Å². The molecule has 9 heteroatoms. The van der Waals surface area contributed by atoms with Gasteiger partial charge < -0.3 is 9.47 Å². The number of hydrogen-bond acceptors (Lipinski definition) is 6. The number of carbonyl (C=O) groups excluding carboxylic acids is 4. The number of hydrogen-bond donors (Lipinski definition) is 1. The highest BCUT2D eigenvalue weighted by Crippen LogP contribution is 2.40. The van der Waals surface area contributed by atoms with Gasteiger partial charge in [-0.2, -0.15) is 0 Å². The van der Waals surface area contributed by atoms with E-state index in [1.807, 2.05) is 37.3 Å². The Hall–Kier alpha value is -3.72. The quantitative estimate of drug-likeness (QED) is 0.448. The van der Waals surface area contributed by atoms with Gasteiger partial charge >= 0.3 is 12.1 Å². The number of amides is 4. The summed E-state index contributed by atoms with van der Waals surface area (Å²) in [5.41, 5.74) is 1.75. The minimum Gasteiger partial charge on any atom is -0.444 e. The van der Waals surface area contributed by atoms with Gasteiger partial charge in [-0.25, -0.2) is 9.59 Å². The molecule has 9 nitrogen and oxygen atoms in total.